The van der Waals surface area contributed by atoms with Crippen molar-refractivity contribution in [2.24, 2.45) is 0 Å². The van der Waals surface area contributed by atoms with Crippen LogP contribution in [0.3, 0.4) is 0 Å². The Kier molecular flexibility index (Phi) is 3.54. The summed E-state index contributed by atoms with van der Waals surface area (Å²) in [7, 11) is 0. The van der Waals surface area contributed by atoms with E-state index < -0.39 is 12.6 Å². The van der Waals surface area contributed by atoms with Crippen molar-refractivity contribution in [2.45, 2.75) is 32.9 Å². The summed E-state index contributed by atoms with van der Waals surface area (Å²) in [6, 6.07) is 0. The van der Waals surface area contributed by atoms with Gasteiger partial charge in [-0.2, -0.15) is 13.2 Å². The predicted molar refractivity (Wildman–Crippen MR) is 50.9 cm³/mol. The normalized spacial score (nSPS) is 11.9. The van der Waals surface area contributed by atoms with Crippen molar-refractivity contribution in [3.8, 4) is 0 Å². The Morgan fingerprint density at radius 1 is 1.27 bits per heavy atom. The average Bonchev–Trinajstić information content (AvgIpc) is 1.99. The number of aryl methyl sites for hydroxylation is 1. The maximum Gasteiger partial charge on any atom is 0.396 e. The lowest BCUT2D eigenvalue weighted by Crippen LogP contribution is -2.15. The second kappa shape index (κ2) is 4.35. The van der Waals surface area contributed by atoms with E-state index in [4.69, 9.17) is 11.6 Å². The quantitative estimate of drug-likeness (QED) is 0.740. The first-order valence-corrected chi connectivity index (χ1v) is 4.80. The molecule has 15 heavy (non-hydrogen) atoms. The molecule has 1 rings (SSSR count). The van der Waals surface area contributed by atoms with E-state index in [1.807, 2.05) is 6.92 Å². The number of nitrogens with zero attached hydrogens (tertiary/aromatic N) is 2. The van der Waals surface area contributed by atoms with Gasteiger partial charge in [0.25, 0.3) is 0 Å². The van der Waals surface area contributed by atoms with E-state index in [9.17, 15) is 13.2 Å². The molecular weight excluding hydrogens is 229 g/mol. The third kappa shape index (κ3) is 3.34. The average molecular weight is 239 g/mol. The maximum atomic E-state index is 12.1. The zero-order valence-electron chi connectivity index (χ0n) is 8.32. The minimum Gasteiger partial charge on any atom is -0.237 e. The van der Waals surface area contributed by atoms with Gasteiger partial charge >= 0.3 is 6.18 Å². The molecule has 0 saturated heterocycles. The molecule has 0 aliphatic carbocycles. The number of hydrogen-bond donors (Lipinski definition) is 0. The van der Waals surface area contributed by atoms with Gasteiger partial charge in [0.05, 0.1) is 0 Å². The van der Waals surface area contributed by atoms with Crippen molar-refractivity contribution in [2.75, 3.05) is 0 Å². The van der Waals surface area contributed by atoms with Crippen LogP contribution in [-0.2, 0) is 12.8 Å². The van der Waals surface area contributed by atoms with E-state index in [2.05, 4.69) is 9.97 Å². The van der Waals surface area contributed by atoms with Crippen molar-refractivity contribution in [1.29, 1.82) is 0 Å². The molecule has 84 valence electrons. The Labute approximate surface area is 90.5 Å². The highest BCUT2D eigenvalue weighted by molar-refractivity contribution is 6.30. The Morgan fingerprint density at radius 2 is 1.87 bits per heavy atom. The fourth-order valence-corrected chi connectivity index (χ4v) is 1.64. The fraction of sp³-hybridized carbons (Fsp3) is 0.556. The van der Waals surface area contributed by atoms with Crippen LogP contribution in [0.5, 0.6) is 0 Å². The van der Waals surface area contributed by atoms with Gasteiger partial charge in [0.2, 0.25) is 0 Å². The molecule has 0 aliphatic heterocycles. The molecule has 0 fully saturated rings. The van der Waals surface area contributed by atoms with E-state index in [1.54, 1.807) is 6.92 Å². The van der Waals surface area contributed by atoms with Crippen molar-refractivity contribution >= 4 is 11.6 Å². The molecule has 0 aromatic carbocycles. The molecule has 0 spiro atoms. The summed E-state index contributed by atoms with van der Waals surface area (Å²) in [5, 5.41) is 0.115. The number of hydrogen-bond acceptors (Lipinski definition) is 2. The molecule has 1 aromatic heterocycles. The summed E-state index contributed by atoms with van der Waals surface area (Å²) >= 11 is 5.75. The molecule has 0 aliphatic rings. The molecule has 1 heterocycles. The van der Waals surface area contributed by atoms with Gasteiger partial charge in [-0.15, -0.1) is 0 Å². The molecule has 0 bridgehead atoms. The summed E-state index contributed by atoms with van der Waals surface area (Å²) < 4.78 is 36.2. The Bertz CT molecular complexity index is 340. The summed E-state index contributed by atoms with van der Waals surface area (Å²) in [5.74, 6) is -0.276. The van der Waals surface area contributed by atoms with Gasteiger partial charge in [0, 0.05) is 11.3 Å². The molecular formula is C9H10ClF3N2. The van der Waals surface area contributed by atoms with Gasteiger partial charge in [-0.05, 0) is 13.3 Å². The summed E-state index contributed by atoms with van der Waals surface area (Å²) in [6.07, 6.45) is -4.84. The van der Waals surface area contributed by atoms with Crippen LogP contribution in [0.15, 0.2) is 0 Å². The largest absolute Gasteiger partial charge is 0.396 e. The number of halogens is 4. The Hall–Kier alpha value is -0.840. The Balaban J connectivity index is 3.04. The first-order chi connectivity index (χ1) is 6.83. The van der Waals surface area contributed by atoms with Crippen LogP contribution in [0.4, 0.5) is 13.2 Å². The standard InChI is InChI=1S/C9H10ClF3N2/c1-3-6-5(2)14-7(15-8(6)10)4-9(11,12)13/h3-4H2,1-2H3. The highest BCUT2D eigenvalue weighted by Gasteiger charge is 2.29. The van der Waals surface area contributed by atoms with Crippen LogP contribution in [0, 0.1) is 6.92 Å². The van der Waals surface area contributed by atoms with Gasteiger partial charge in [-0.3, -0.25) is 0 Å². The van der Waals surface area contributed by atoms with E-state index >= 15 is 0 Å². The van der Waals surface area contributed by atoms with E-state index in [1.165, 1.54) is 0 Å². The van der Waals surface area contributed by atoms with Gasteiger partial charge in [0.15, 0.2) is 0 Å². The summed E-state index contributed by atoms with van der Waals surface area (Å²) in [5.41, 5.74) is 1.21. The first kappa shape index (κ1) is 12.2. The molecule has 0 N–H and O–H groups in total. The lowest BCUT2D eigenvalue weighted by molar-refractivity contribution is -0.128. The number of alkyl halides is 3. The van der Waals surface area contributed by atoms with Crippen LogP contribution >= 0.6 is 11.6 Å². The number of rotatable bonds is 2. The molecule has 0 unspecified atom stereocenters. The van der Waals surface area contributed by atoms with Crippen LogP contribution < -0.4 is 0 Å². The number of aromatic nitrogens is 2. The fourth-order valence-electron chi connectivity index (χ4n) is 1.28. The van der Waals surface area contributed by atoms with E-state index in [0.29, 0.717) is 17.7 Å². The van der Waals surface area contributed by atoms with Crippen molar-refractivity contribution < 1.29 is 13.2 Å². The van der Waals surface area contributed by atoms with Gasteiger partial charge in [0.1, 0.15) is 17.4 Å². The first-order valence-electron chi connectivity index (χ1n) is 4.42. The summed E-state index contributed by atoms with van der Waals surface area (Å²) in [6.45, 7) is 3.48. The SMILES string of the molecule is CCc1c(C)nc(CC(F)(F)F)nc1Cl. The molecule has 0 radical (unpaired) electrons. The minimum absolute atomic E-state index is 0.115. The second-order valence-corrected chi connectivity index (χ2v) is 3.50. The molecule has 0 saturated carbocycles. The van der Waals surface area contributed by atoms with Crippen molar-refractivity contribution in [1.82, 2.24) is 9.97 Å². The monoisotopic (exact) mass is 238 g/mol. The highest BCUT2D eigenvalue weighted by Crippen LogP contribution is 2.22. The molecule has 0 amide bonds. The van der Waals surface area contributed by atoms with Crippen LogP contribution in [-0.4, -0.2) is 16.1 Å². The predicted octanol–water partition coefficient (Wildman–Crippen LogP) is 3.11. The van der Waals surface area contributed by atoms with Crippen LogP contribution in [0.1, 0.15) is 24.0 Å². The van der Waals surface area contributed by atoms with Crippen molar-refractivity contribution in [3.63, 3.8) is 0 Å². The molecule has 6 heteroatoms. The van der Waals surface area contributed by atoms with Crippen LogP contribution in [0.2, 0.25) is 5.15 Å². The maximum absolute atomic E-state index is 12.1. The smallest absolute Gasteiger partial charge is 0.237 e. The van der Waals surface area contributed by atoms with E-state index in [-0.39, 0.29) is 11.0 Å². The van der Waals surface area contributed by atoms with E-state index in [0.717, 1.165) is 0 Å². The lowest BCUT2D eigenvalue weighted by atomic mass is 10.2. The minimum atomic E-state index is -4.30. The second-order valence-electron chi connectivity index (χ2n) is 3.14. The lowest BCUT2D eigenvalue weighted by Gasteiger charge is -2.09. The highest BCUT2D eigenvalue weighted by atomic mass is 35.5. The third-order valence-corrected chi connectivity index (χ3v) is 2.23. The van der Waals surface area contributed by atoms with Gasteiger partial charge in [-0.25, -0.2) is 9.97 Å². The zero-order valence-corrected chi connectivity index (χ0v) is 9.08. The topological polar surface area (TPSA) is 25.8 Å². The van der Waals surface area contributed by atoms with Gasteiger partial charge < -0.3 is 0 Å². The van der Waals surface area contributed by atoms with Crippen LogP contribution in [0.25, 0.3) is 0 Å². The Morgan fingerprint density at radius 3 is 2.27 bits per heavy atom. The third-order valence-electron chi connectivity index (χ3n) is 1.92. The van der Waals surface area contributed by atoms with Crippen molar-refractivity contribution in [3.05, 3.63) is 22.2 Å². The zero-order chi connectivity index (χ0) is 11.6. The molecule has 2 nitrogen and oxygen atoms in total. The molecule has 0 atom stereocenters. The summed E-state index contributed by atoms with van der Waals surface area (Å²) in [4.78, 5) is 7.40. The molecule has 1 aromatic rings. The van der Waals surface area contributed by atoms with Gasteiger partial charge in [-0.1, -0.05) is 18.5 Å².